The molecule has 1 unspecified atom stereocenters. The van der Waals surface area contributed by atoms with Crippen LogP contribution in [0.3, 0.4) is 0 Å². The van der Waals surface area contributed by atoms with Gasteiger partial charge in [-0.05, 0) is 20.8 Å². The number of amides is 3. The molecule has 3 amide bonds. The smallest absolute Gasteiger partial charge is 0.334 e. The predicted molar refractivity (Wildman–Crippen MR) is 70.2 cm³/mol. The van der Waals surface area contributed by atoms with Crippen molar-refractivity contribution in [2.45, 2.75) is 32.4 Å². The van der Waals surface area contributed by atoms with E-state index in [1.165, 1.54) is 0 Å². The number of hydrogen-bond acceptors (Lipinski definition) is 5. The van der Waals surface area contributed by atoms with Crippen molar-refractivity contribution in [3.63, 3.8) is 0 Å². The predicted octanol–water partition coefficient (Wildman–Crippen LogP) is -0.604. The molecule has 114 valence electrons. The first-order valence-electron chi connectivity index (χ1n) is 6.36. The number of hydrogen-bond donors (Lipinski definition) is 3. The molecule has 1 saturated heterocycles. The highest BCUT2D eigenvalue weighted by atomic mass is 16.5. The van der Waals surface area contributed by atoms with Gasteiger partial charge in [0.1, 0.15) is 0 Å². The Morgan fingerprint density at radius 2 is 2.00 bits per heavy atom. The van der Waals surface area contributed by atoms with E-state index in [1.54, 1.807) is 25.7 Å². The van der Waals surface area contributed by atoms with Crippen molar-refractivity contribution < 1.29 is 24.2 Å². The number of carboxylic acids is 1. The third-order valence-electron chi connectivity index (χ3n) is 2.53. The van der Waals surface area contributed by atoms with E-state index in [1.807, 2.05) is 0 Å². The van der Waals surface area contributed by atoms with Gasteiger partial charge in [0.25, 0.3) is 0 Å². The molecule has 8 heteroatoms. The standard InChI is InChI=1S/C12H21N3O5/c1-12(2,3)14-11(19)13-9(16)7-15-4-5-20-8(6-15)10(17)18/h8H,4-7H2,1-3H3,(H,17,18)(H2,13,14,16,19). The summed E-state index contributed by atoms with van der Waals surface area (Å²) in [6, 6.07) is -0.564. The van der Waals surface area contributed by atoms with Crippen LogP contribution in [0.1, 0.15) is 20.8 Å². The van der Waals surface area contributed by atoms with Gasteiger partial charge in [0.05, 0.1) is 13.2 Å². The second-order valence-corrected chi connectivity index (χ2v) is 5.69. The van der Waals surface area contributed by atoms with Gasteiger partial charge in [-0.15, -0.1) is 0 Å². The van der Waals surface area contributed by atoms with E-state index in [0.29, 0.717) is 6.54 Å². The summed E-state index contributed by atoms with van der Waals surface area (Å²) >= 11 is 0. The Kier molecular flexibility index (Phi) is 5.46. The topological polar surface area (TPSA) is 108 Å². The first kappa shape index (κ1) is 16.4. The molecular formula is C12H21N3O5. The first-order chi connectivity index (χ1) is 9.17. The average Bonchev–Trinajstić information content (AvgIpc) is 2.25. The molecule has 8 nitrogen and oxygen atoms in total. The van der Waals surface area contributed by atoms with Crippen molar-refractivity contribution in [2.75, 3.05) is 26.2 Å². The number of carbonyl (C=O) groups excluding carboxylic acids is 2. The Hall–Kier alpha value is -1.67. The van der Waals surface area contributed by atoms with E-state index < -0.39 is 29.6 Å². The van der Waals surface area contributed by atoms with Crippen LogP contribution in [-0.4, -0.2) is 65.8 Å². The van der Waals surface area contributed by atoms with Gasteiger partial charge in [-0.1, -0.05) is 0 Å². The zero-order valence-electron chi connectivity index (χ0n) is 11.9. The highest BCUT2D eigenvalue weighted by Gasteiger charge is 2.27. The van der Waals surface area contributed by atoms with Crippen LogP contribution < -0.4 is 10.6 Å². The average molecular weight is 287 g/mol. The zero-order valence-corrected chi connectivity index (χ0v) is 11.9. The molecule has 0 spiro atoms. The van der Waals surface area contributed by atoms with Gasteiger partial charge in [-0.2, -0.15) is 0 Å². The number of nitrogens with zero attached hydrogens (tertiary/aromatic N) is 1. The fraction of sp³-hybridized carbons (Fsp3) is 0.750. The monoisotopic (exact) mass is 287 g/mol. The van der Waals surface area contributed by atoms with Crippen molar-refractivity contribution in [3.05, 3.63) is 0 Å². The van der Waals surface area contributed by atoms with Crippen LogP contribution in [-0.2, 0) is 14.3 Å². The van der Waals surface area contributed by atoms with Crippen LogP contribution in [0.2, 0.25) is 0 Å². The summed E-state index contributed by atoms with van der Waals surface area (Å²) in [7, 11) is 0. The number of aliphatic carboxylic acids is 1. The fourth-order valence-electron chi connectivity index (χ4n) is 1.74. The van der Waals surface area contributed by atoms with Gasteiger partial charge in [0.15, 0.2) is 6.10 Å². The first-order valence-corrected chi connectivity index (χ1v) is 6.36. The minimum Gasteiger partial charge on any atom is -0.479 e. The quantitative estimate of drug-likeness (QED) is 0.639. The van der Waals surface area contributed by atoms with Gasteiger partial charge in [-0.3, -0.25) is 15.0 Å². The molecule has 1 rings (SSSR count). The van der Waals surface area contributed by atoms with Crippen molar-refractivity contribution in [1.82, 2.24) is 15.5 Å². The second-order valence-electron chi connectivity index (χ2n) is 5.69. The fourth-order valence-corrected chi connectivity index (χ4v) is 1.74. The molecule has 1 heterocycles. The van der Waals surface area contributed by atoms with Crippen LogP contribution in [0.5, 0.6) is 0 Å². The maximum atomic E-state index is 11.7. The van der Waals surface area contributed by atoms with Gasteiger partial charge in [-0.25, -0.2) is 9.59 Å². The SMILES string of the molecule is CC(C)(C)NC(=O)NC(=O)CN1CCOC(C(=O)O)C1. The number of imide groups is 1. The van der Waals surface area contributed by atoms with Crippen LogP contribution in [0, 0.1) is 0 Å². The molecule has 1 fully saturated rings. The van der Waals surface area contributed by atoms with E-state index >= 15 is 0 Å². The van der Waals surface area contributed by atoms with E-state index in [0.717, 1.165) is 0 Å². The molecule has 0 aromatic carbocycles. The second kappa shape index (κ2) is 6.67. The molecule has 1 aliphatic heterocycles. The maximum absolute atomic E-state index is 11.7. The number of nitrogens with one attached hydrogen (secondary N) is 2. The Morgan fingerprint density at radius 3 is 2.55 bits per heavy atom. The van der Waals surface area contributed by atoms with Crippen molar-refractivity contribution in [2.24, 2.45) is 0 Å². The van der Waals surface area contributed by atoms with Crippen LogP contribution in [0.4, 0.5) is 4.79 Å². The maximum Gasteiger partial charge on any atom is 0.334 e. The lowest BCUT2D eigenvalue weighted by Crippen LogP contribution is -2.53. The molecule has 0 aliphatic carbocycles. The summed E-state index contributed by atoms with van der Waals surface area (Å²) in [5, 5.41) is 13.7. The van der Waals surface area contributed by atoms with Crippen molar-refractivity contribution >= 4 is 17.9 Å². The minimum absolute atomic E-state index is 0.0370. The van der Waals surface area contributed by atoms with E-state index in [9.17, 15) is 14.4 Å². The van der Waals surface area contributed by atoms with Crippen LogP contribution in [0.25, 0.3) is 0 Å². The molecule has 20 heavy (non-hydrogen) atoms. The van der Waals surface area contributed by atoms with Gasteiger partial charge >= 0.3 is 12.0 Å². The summed E-state index contributed by atoms with van der Waals surface area (Å²) in [5.41, 5.74) is -0.433. The molecule has 1 aliphatic rings. The lowest BCUT2D eigenvalue weighted by molar-refractivity contribution is -0.156. The lowest BCUT2D eigenvalue weighted by atomic mass is 10.1. The summed E-state index contributed by atoms with van der Waals surface area (Å²) < 4.78 is 5.05. The van der Waals surface area contributed by atoms with Gasteiger partial charge < -0.3 is 15.2 Å². The Labute approximate surface area is 117 Å². The minimum atomic E-state index is -1.06. The highest BCUT2D eigenvalue weighted by Crippen LogP contribution is 2.05. The molecular weight excluding hydrogens is 266 g/mol. The number of ether oxygens (including phenoxy) is 1. The largest absolute Gasteiger partial charge is 0.479 e. The zero-order chi connectivity index (χ0) is 15.3. The van der Waals surface area contributed by atoms with Crippen molar-refractivity contribution in [3.8, 4) is 0 Å². The van der Waals surface area contributed by atoms with Crippen LogP contribution in [0.15, 0.2) is 0 Å². The molecule has 0 bridgehead atoms. The number of rotatable bonds is 3. The number of carbonyl (C=O) groups is 3. The van der Waals surface area contributed by atoms with E-state index in [2.05, 4.69) is 10.6 Å². The molecule has 0 aromatic heterocycles. The van der Waals surface area contributed by atoms with Crippen molar-refractivity contribution in [1.29, 1.82) is 0 Å². The van der Waals surface area contributed by atoms with E-state index in [4.69, 9.17) is 9.84 Å². The summed E-state index contributed by atoms with van der Waals surface area (Å²) in [6.07, 6.45) is -0.931. The molecule has 0 saturated carbocycles. The number of carboxylic acid groups (broad SMARTS) is 1. The molecule has 0 aromatic rings. The molecule has 1 atom stereocenters. The third kappa shape index (κ3) is 5.98. The lowest BCUT2D eigenvalue weighted by Gasteiger charge is -2.30. The Morgan fingerprint density at radius 1 is 1.35 bits per heavy atom. The van der Waals surface area contributed by atoms with E-state index in [-0.39, 0.29) is 19.7 Å². The number of urea groups is 1. The number of morpholine rings is 1. The van der Waals surface area contributed by atoms with Gasteiger partial charge in [0, 0.05) is 18.6 Å². The summed E-state index contributed by atoms with van der Waals surface area (Å²) in [5.74, 6) is -1.53. The normalized spacial score (nSPS) is 20.2. The highest BCUT2D eigenvalue weighted by molar-refractivity contribution is 5.95. The third-order valence-corrected chi connectivity index (χ3v) is 2.53. The molecule has 3 N–H and O–H groups in total. The molecule has 0 radical (unpaired) electrons. The summed E-state index contributed by atoms with van der Waals surface area (Å²) in [6.45, 7) is 6.20. The summed E-state index contributed by atoms with van der Waals surface area (Å²) in [4.78, 5) is 35.6. The Balaban J connectivity index is 2.38. The van der Waals surface area contributed by atoms with Gasteiger partial charge in [0.2, 0.25) is 5.91 Å². The van der Waals surface area contributed by atoms with Crippen LogP contribution >= 0.6 is 0 Å². The Bertz CT molecular complexity index is 391.